The first-order chi connectivity index (χ1) is 9.93. The van der Waals surface area contributed by atoms with E-state index in [1.54, 1.807) is 31.0 Å². The van der Waals surface area contributed by atoms with Gasteiger partial charge in [0.15, 0.2) is 11.3 Å². The summed E-state index contributed by atoms with van der Waals surface area (Å²) in [4.78, 5) is 23.9. The number of aromatic nitrogens is 6. The molecule has 0 saturated carbocycles. The van der Waals surface area contributed by atoms with Crippen LogP contribution in [0.25, 0.3) is 22.2 Å². The molecule has 0 N–H and O–H groups in total. The molecule has 0 aliphatic carbocycles. The van der Waals surface area contributed by atoms with Crippen LogP contribution in [0.2, 0.25) is 0 Å². The van der Waals surface area contributed by atoms with E-state index >= 15 is 0 Å². The second-order valence-corrected chi connectivity index (χ2v) is 3.84. The third-order valence-corrected chi connectivity index (χ3v) is 2.52. The average Bonchev–Trinajstić information content (AvgIpc) is 2.56. The molecule has 4 aromatic heterocycles. The molecule has 96 valence electrons. The zero-order valence-corrected chi connectivity index (χ0v) is 10.5. The monoisotopic (exact) mass is 262 g/mol. The quantitative estimate of drug-likeness (QED) is 0.482. The summed E-state index contributed by atoms with van der Waals surface area (Å²) >= 11 is 0. The summed E-state index contributed by atoms with van der Waals surface area (Å²) in [7, 11) is 0. The van der Waals surface area contributed by atoms with Gasteiger partial charge in [0.1, 0.15) is 11.8 Å². The van der Waals surface area contributed by atoms with E-state index in [9.17, 15) is 0 Å². The van der Waals surface area contributed by atoms with Crippen LogP contribution in [0.5, 0.6) is 0 Å². The fraction of sp³-hybridized carbons (Fsp3) is 0. The Morgan fingerprint density at radius 3 is 2.25 bits per heavy atom. The van der Waals surface area contributed by atoms with Gasteiger partial charge in [0.2, 0.25) is 0 Å². The average molecular weight is 262 g/mol. The van der Waals surface area contributed by atoms with Crippen LogP contribution in [0.3, 0.4) is 0 Å². The summed E-state index contributed by atoms with van der Waals surface area (Å²) in [5, 5.41) is 0.977. The standard InChI is InChI=1S/2C7H5N3/c1-2-6-4-8-5-10-7(6)9-3-1;1-2-6-7(9-3-1)10-5-4-8-6/h2*1-5H. The minimum absolute atomic E-state index is 0.699. The molecule has 0 amide bonds. The molecule has 0 aliphatic rings. The smallest absolute Gasteiger partial charge is 0.178 e. The number of hydrogen-bond acceptors (Lipinski definition) is 6. The van der Waals surface area contributed by atoms with Crippen LogP contribution in [0.1, 0.15) is 0 Å². The molecule has 6 heteroatoms. The Bertz CT molecular complexity index is 631. The van der Waals surface area contributed by atoms with Crippen molar-refractivity contribution in [3.63, 3.8) is 0 Å². The Kier molecular flexibility index (Phi) is 3.46. The van der Waals surface area contributed by atoms with Gasteiger partial charge in [-0.1, -0.05) is 0 Å². The van der Waals surface area contributed by atoms with Gasteiger partial charge in [-0.15, -0.1) is 0 Å². The largest absolute Gasteiger partial charge is 0.251 e. The van der Waals surface area contributed by atoms with Crippen molar-refractivity contribution < 1.29 is 0 Å². The van der Waals surface area contributed by atoms with Crippen LogP contribution >= 0.6 is 0 Å². The molecule has 0 radical (unpaired) electrons. The summed E-state index contributed by atoms with van der Waals surface area (Å²) in [6.45, 7) is 0. The van der Waals surface area contributed by atoms with Gasteiger partial charge in [-0.3, -0.25) is 4.98 Å². The van der Waals surface area contributed by atoms with Crippen molar-refractivity contribution in [2.24, 2.45) is 0 Å². The van der Waals surface area contributed by atoms with Gasteiger partial charge in [0.05, 0.1) is 0 Å². The summed E-state index contributed by atoms with van der Waals surface area (Å²) in [5.41, 5.74) is 2.28. The van der Waals surface area contributed by atoms with Gasteiger partial charge in [-0.25, -0.2) is 24.9 Å². The molecule has 0 unspecified atom stereocenters. The number of pyridine rings is 2. The second-order valence-electron chi connectivity index (χ2n) is 3.84. The van der Waals surface area contributed by atoms with Crippen LogP contribution in [0.4, 0.5) is 0 Å². The van der Waals surface area contributed by atoms with E-state index < -0.39 is 0 Å². The van der Waals surface area contributed by atoms with Crippen LogP contribution in [0.15, 0.2) is 61.6 Å². The molecule has 0 atom stereocenters. The highest BCUT2D eigenvalue weighted by Crippen LogP contribution is 2.02. The van der Waals surface area contributed by atoms with Crippen molar-refractivity contribution >= 4 is 22.2 Å². The van der Waals surface area contributed by atoms with E-state index in [0.717, 1.165) is 16.6 Å². The molecule has 4 aromatic rings. The fourth-order valence-electron chi connectivity index (χ4n) is 1.63. The highest BCUT2D eigenvalue weighted by molar-refractivity contribution is 5.72. The maximum absolute atomic E-state index is 4.06. The van der Waals surface area contributed by atoms with Gasteiger partial charge in [0.25, 0.3) is 0 Å². The number of rotatable bonds is 0. The van der Waals surface area contributed by atoms with Gasteiger partial charge in [-0.2, -0.15) is 0 Å². The summed E-state index contributed by atoms with van der Waals surface area (Å²) in [6, 6.07) is 7.53. The SMILES string of the molecule is c1cnc2nccnc2c1.c1cnc2ncncc2c1. The van der Waals surface area contributed by atoms with Crippen molar-refractivity contribution in [3.05, 3.63) is 61.6 Å². The third-order valence-electron chi connectivity index (χ3n) is 2.52. The number of hydrogen-bond donors (Lipinski definition) is 0. The minimum Gasteiger partial charge on any atom is -0.251 e. The molecular weight excluding hydrogens is 252 g/mol. The molecule has 0 fully saturated rings. The van der Waals surface area contributed by atoms with Crippen LogP contribution < -0.4 is 0 Å². The zero-order chi connectivity index (χ0) is 13.6. The molecule has 0 spiro atoms. The van der Waals surface area contributed by atoms with Crippen molar-refractivity contribution in [1.82, 2.24) is 29.9 Å². The van der Waals surface area contributed by atoms with E-state index in [2.05, 4.69) is 29.9 Å². The maximum Gasteiger partial charge on any atom is 0.178 e. The lowest BCUT2D eigenvalue weighted by molar-refractivity contribution is 1.18. The lowest BCUT2D eigenvalue weighted by atomic mass is 10.3. The van der Waals surface area contributed by atoms with Crippen LogP contribution in [-0.4, -0.2) is 29.9 Å². The Morgan fingerprint density at radius 1 is 0.650 bits per heavy atom. The molecule has 4 heterocycles. The molecule has 4 rings (SSSR count). The first-order valence-electron chi connectivity index (χ1n) is 5.96. The van der Waals surface area contributed by atoms with Crippen molar-refractivity contribution in [1.29, 1.82) is 0 Å². The Labute approximate surface area is 114 Å². The van der Waals surface area contributed by atoms with E-state index in [0.29, 0.717) is 5.65 Å². The first kappa shape index (κ1) is 12.0. The molecule has 0 aliphatic heterocycles. The lowest BCUT2D eigenvalue weighted by Gasteiger charge is -1.89. The van der Waals surface area contributed by atoms with Gasteiger partial charge < -0.3 is 0 Å². The maximum atomic E-state index is 4.06. The Morgan fingerprint density at radius 2 is 1.40 bits per heavy atom. The molecule has 0 aromatic carbocycles. The van der Waals surface area contributed by atoms with E-state index in [-0.39, 0.29) is 0 Å². The van der Waals surface area contributed by atoms with Gasteiger partial charge >= 0.3 is 0 Å². The normalized spacial score (nSPS) is 10.0. The Balaban J connectivity index is 0.000000121. The molecule has 0 bridgehead atoms. The molecule has 20 heavy (non-hydrogen) atoms. The van der Waals surface area contributed by atoms with Crippen molar-refractivity contribution in [3.8, 4) is 0 Å². The highest BCUT2D eigenvalue weighted by Gasteiger charge is 1.90. The molecule has 0 saturated heterocycles. The fourth-order valence-corrected chi connectivity index (χ4v) is 1.63. The Hall–Kier alpha value is -3.02. The topological polar surface area (TPSA) is 77.3 Å². The minimum atomic E-state index is 0.699. The number of nitrogens with zero attached hydrogens (tertiary/aromatic N) is 6. The highest BCUT2D eigenvalue weighted by atomic mass is 14.9. The summed E-state index contributed by atoms with van der Waals surface area (Å²) in [5.74, 6) is 0. The van der Waals surface area contributed by atoms with E-state index in [4.69, 9.17) is 0 Å². The first-order valence-corrected chi connectivity index (χ1v) is 5.96. The van der Waals surface area contributed by atoms with Crippen molar-refractivity contribution in [2.75, 3.05) is 0 Å². The lowest BCUT2D eigenvalue weighted by Crippen LogP contribution is -1.83. The van der Waals surface area contributed by atoms with Gasteiger partial charge in [-0.05, 0) is 24.3 Å². The summed E-state index contributed by atoms with van der Waals surface area (Å²) < 4.78 is 0. The van der Waals surface area contributed by atoms with Crippen LogP contribution in [0, 0.1) is 0 Å². The predicted octanol–water partition coefficient (Wildman–Crippen LogP) is 2.05. The second kappa shape index (κ2) is 5.75. The van der Waals surface area contributed by atoms with Crippen molar-refractivity contribution in [2.45, 2.75) is 0 Å². The molecular formula is C14H10N6. The zero-order valence-electron chi connectivity index (χ0n) is 10.5. The molecule has 6 nitrogen and oxygen atoms in total. The van der Waals surface area contributed by atoms with Gasteiger partial charge in [0, 0.05) is 36.4 Å². The van der Waals surface area contributed by atoms with E-state index in [1.165, 1.54) is 6.33 Å². The van der Waals surface area contributed by atoms with Crippen LogP contribution in [-0.2, 0) is 0 Å². The predicted molar refractivity (Wildman–Crippen MR) is 74.7 cm³/mol. The third kappa shape index (κ3) is 2.69. The van der Waals surface area contributed by atoms with E-state index in [1.807, 2.05) is 24.3 Å². The summed E-state index contributed by atoms with van der Waals surface area (Å²) in [6.07, 6.45) is 9.95. The number of fused-ring (bicyclic) bond motifs is 2.